The van der Waals surface area contributed by atoms with Crippen molar-refractivity contribution < 1.29 is 22.7 Å². The van der Waals surface area contributed by atoms with E-state index in [2.05, 4.69) is 42.9 Å². The Hall–Kier alpha value is -4.25. The molecular weight excluding hydrogens is 549 g/mol. The summed E-state index contributed by atoms with van der Waals surface area (Å²) < 4.78 is 48.4. The minimum Gasteiger partial charge on any atom is -0.383 e. The van der Waals surface area contributed by atoms with Crippen LogP contribution >= 0.6 is 0 Å². The fraction of sp³-hybridized carbons (Fsp3) is 0.379. The Labute approximate surface area is 241 Å². The summed E-state index contributed by atoms with van der Waals surface area (Å²) in [6.07, 6.45) is 0.858. The number of nitrogens with one attached hydrogen (secondary N) is 3. The first-order chi connectivity index (χ1) is 20.3. The molecule has 3 N–H and O–H groups in total. The maximum absolute atomic E-state index is 13.9. The van der Waals surface area contributed by atoms with Crippen LogP contribution in [0.1, 0.15) is 33.6 Å². The Morgan fingerprint density at radius 1 is 1.21 bits per heavy atom. The van der Waals surface area contributed by atoms with Gasteiger partial charge in [0.05, 0.1) is 18.4 Å². The summed E-state index contributed by atoms with van der Waals surface area (Å²) in [5.41, 5.74) is 0.468. The first-order valence-electron chi connectivity index (χ1n) is 13.6. The third kappa shape index (κ3) is 7.33. The molecule has 2 aromatic heterocycles. The highest BCUT2D eigenvalue weighted by Gasteiger charge is 2.34. The smallest absolute Gasteiger partial charge is 0.383 e. The lowest BCUT2D eigenvalue weighted by molar-refractivity contribution is -0.138. The first-order valence-corrected chi connectivity index (χ1v) is 13.6. The zero-order valence-electron chi connectivity index (χ0n) is 23.0. The van der Waals surface area contributed by atoms with Gasteiger partial charge in [0.25, 0.3) is 5.91 Å². The number of imidazole rings is 1. The Morgan fingerprint density at radius 2 is 2.05 bits per heavy atom. The summed E-state index contributed by atoms with van der Waals surface area (Å²) >= 11 is 0. The lowest BCUT2D eigenvalue weighted by Crippen LogP contribution is -2.43. The third-order valence-electron chi connectivity index (χ3n) is 6.83. The van der Waals surface area contributed by atoms with E-state index in [9.17, 15) is 18.0 Å². The molecule has 3 aromatic rings. The number of nitrogens with zero attached hydrogens (tertiary/aromatic N) is 5. The summed E-state index contributed by atoms with van der Waals surface area (Å²) in [6, 6.07) is 7.36. The number of piperazine rings is 1. The summed E-state index contributed by atoms with van der Waals surface area (Å²) in [6.45, 7) is 4.09. The molecule has 0 bridgehead atoms. The van der Waals surface area contributed by atoms with Gasteiger partial charge in [-0.25, -0.2) is 14.5 Å². The maximum atomic E-state index is 13.9. The zero-order valence-corrected chi connectivity index (χ0v) is 23.0. The molecule has 5 rings (SSSR count). The van der Waals surface area contributed by atoms with Crippen LogP contribution in [-0.4, -0.2) is 78.1 Å². The molecule has 10 nitrogen and oxygen atoms in total. The number of aliphatic imine (C=N–C) groups is 1. The second kappa shape index (κ2) is 13.2. The predicted molar refractivity (Wildman–Crippen MR) is 152 cm³/mol. The van der Waals surface area contributed by atoms with Gasteiger partial charge in [0.15, 0.2) is 5.65 Å². The number of carbonyl (C=O) groups excluding carboxylic acids is 1. The molecule has 1 atom stereocenters. The Balaban J connectivity index is 1.28. The highest BCUT2D eigenvalue weighted by Crippen LogP contribution is 2.33. The van der Waals surface area contributed by atoms with E-state index in [1.165, 1.54) is 12.1 Å². The van der Waals surface area contributed by atoms with Crippen LogP contribution in [0.2, 0.25) is 0 Å². The number of carbonyl (C=O) groups is 1. The van der Waals surface area contributed by atoms with E-state index in [4.69, 9.17) is 4.74 Å². The van der Waals surface area contributed by atoms with Crippen LogP contribution in [0.25, 0.3) is 5.65 Å². The Bertz CT molecular complexity index is 1550. The lowest BCUT2D eigenvalue weighted by Gasteiger charge is -2.28. The van der Waals surface area contributed by atoms with Gasteiger partial charge in [0.1, 0.15) is 17.3 Å². The average molecular weight is 581 g/mol. The van der Waals surface area contributed by atoms with Gasteiger partial charge in [-0.1, -0.05) is 12.0 Å². The van der Waals surface area contributed by atoms with Gasteiger partial charge in [0.2, 0.25) is 0 Å². The highest BCUT2D eigenvalue weighted by molar-refractivity contribution is 5.95. The molecule has 220 valence electrons. The first kappa shape index (κ1) is 29.2. The minimum absolute atomic E-state index is 0.0950. The summed E-state index contributed by atoms with van der Waals surface area (Å²) in [7, 11) is 1.62. The molecule has 1 unspecified atom stereocenters. The van der Waals surface area contributed by atoms with Gasteiger partial charge in [-0.2, -0.15) is 13.2 Å². The van der Waals surface area contributed by atoms with Crippen molar-refractivity contribution in [1.29, 1.82) is 0 Å². The molecule has 1 amide bonds. The fourth-order valence-corrected chi connectivity index (χ4v) is 4.66. The van der Waals surface area contributed by atoms with Crippen LogP contribution in [0.4, 0.5) is 19.0 Å². The number of amides is 1. The third-order valence-corrected chi connectivity index (χ3v) is 6.83. The molecule has 2 aliphatic rings. The molecule has 0 radical (unpaired) electrons. The van der Waals surface area contributed by atoms with Crippen LogP contribution < -0.4 is 16.0 Å². The minimum atomic E-state index is -4.59. The summed E-state index contributed by atoms with van der Waals surface area (Å²) in [4.78, 5) is 23.4. The van der Waals surface area contributed by atoms with Crippen LogP contribution in [0, 0.1) is 17.8 Å². The van der Waals surface area contributed by atoms with Crippen LogP contribution in [-0.2, 0) is 17.5 Å². The average Bonchev–Trinajstić information content (AvgIpc) is 3.39. The molecule has 1 saturated heterocycles. The van der Waals surface area contributed by atoms with E-state index in [1.807, 2.05) is 17.0 Å². The number of aromatic nitrogens is 3. The SMILES string of the molecule is COCCNc1ccc2ncc(C#CC3C=C(NC(=O)c4ccc(CN5CCNCC5)c(C(F)(F)F)c4)N=CC3)n2n1. The zero-order chi connectivity index (χ0) is 29.5. The number of ether oxygens (including phenoxy) is 1. The molecule has 42 heavy (non-hydrogen) atoms. The van der Waals surface area contributed by atoms with Crippen LogP contribution in [0.15, 0.2) is 53.4 Å². The van der Waals surface area contributed by atoms with Crippen molar-refractivity contribution in [3.8, 4) is 11.8 Å². The van der Waals surface area contributed by atoms with E-state index in [0.29, 0.717) is 49.8 Å². The maximum Gasteiger partial charge on any atom is 0.416 e. The highest BCUT2D eigenvalue weighted by atomic mass is 19.4. The molecule has 4 heterocycles. The van der Waals surface area contributed by atoms with Crippen molar-refractivity contribution in [3.63, 3.8) is 0 Å². The molecule has 1 aromatic carbocycles. The number of alkyl halides is 3. The van der Waals surface area contributed by atoms with Crippen molar-refractivity contribution in [2.75, 3.05) is 51.8 Å². The van der Waals surface area contributed by atoms with Crippen LogP contribution in [0.5, 0.6) is 0 Å². The number of rotatable bonds is 8. The predicted octanol–water partition coefficient (Wildman–Crippen LogP) is 2.93. The molecular formula is C29H31F3N8O2. The molecule has 0 aliphatic carbocycles. The van der Waals surface area contributed by atoms with Gasteiger partial charge in [0, 0.05) is 70.5 Å². The second-order valence-corrected chi connectivity index (χ2v) is 9.88. The standard InChI is InChI=1S/C29H31F3N8O2/c1-42-15-12-35-25-6-7-27-36-18-23(40(27)38-25)5-2-20-8-9-34-26(16-20)37-28(41)21-3-4-22(24(17-21)29(30,31)32)19-39-13-10-33-11-14-39/h3-4,6-7,9,16-18,20,33H,8,10-15,19H2,1H3,(H,35,38)(H,37,41). The van der Waals surface area contributed by atoms with E-state index in [-0.39, 0.29) is 29.4 Å². The lowest BCUT2D eigenvalue weighted by atomic mass is 10.0. The number of hydrogen-bond acceptors (Lipinski definition) is 8. The quantitative estimate of drug-likeness (QED) is 0.278. The van der Waals surface area contributed by atoms with Gasteiger partial charge in [-0.15, -0.1) is 5.10 Å². The number of methoxy groups -OCH3 is 1. The van der Waals surface area contributed by atoms with Gasteiger partial charge in [-0.3, -0.25) is 9.69 Å². The van der Waals surface area contributed by atoms with Crippen molar-refractivity contribution in [1.82, 2.24) is 30.1 Å². The second-order valence-electron chi connectivity index (χ2n) is 9.88. The summed E-state index contributed by atoms with van der Waals surface area (Å²) in [5.74, 6) is 6.15. The molecule has 0 saturated carbocycles. The molecule has 1 fully saturated rings. The topological polar surface area (TPSA) is 108 Å². The number of anilines is 1. The molecule has 13 heteroatoms. The molecule has 0 spiro atoms. The number of hydrogen-bond donors (Lipinski definition) is 3. The molecule has 2 aliphatic heterocycles. The van der Waals surface area contributed by atoms with E-state index in [1.54, 1.807) is 30.1 Å². The Kier molecular flexibility index (Phi) is 9.16. The monoisotopic (exact) mass is 580 g/mol. The van der Waals surface area contributed by atoms with Crippen molar-refractivity contribution in [2.24, 2.45) is 10.9 Å². The fourth-order valence-electron chi connectivity index (χ4n) is 4.66. The van der Waals surface area contributed by atoms with Crippen molar-refractivity contribution in [3.05, 3.63) is 70.8 Å². The van der Waals surface area contributed by atoms with Crippen molar-refractivity contribution >= 4 is 23.6 Å². The largest absolute Gasteiger partial charge is 0.416 e. The van der Waals surface area contributed by atoms with Gasteiger partial charge >= 0.3 is 6.18 Å². The van der Waals surface area contributed by atoms with E-state index < -0.39 is 17.6 Å². The van der Waals surface area contributed by atoms with Crippen LogP contribution in [0.3, 0.4) is 0 Å². The van der Waals surface area contributed by atoms with Gasteiger partial charge in [-0.05, 0) is 41.8 Å². The van der Waals surface area contributed by atoms with Gasteiger partial charge < -0.3 is 20.7 Å². The normalized spacial score (nSPS) is 17.4. The van der Waals surface area contributed by atoms with E-state index in [0.717, 1.165) is 19.2 Å². The summed E-state index contributed by atoms with van der Waals surface area (Å²) in [5, 5.41) is 13.5. The number of fused-ring (bicyclic) bond motifs is 1. The number of halogens is 3. The van der Waals surface area contributed by atoms with E-state index >= 15 is 0 Å². The number of allylic oxidation sites excluding steroid dienone is 1. The number of benzene rings is 1. The Morgan fingerprint density at radius 3 is 2.83 bits per heavy atom. The van der Waals surface area contributed by atoms with Crippen molar-refractivity contribution in [2.45, 2.75) is 19.1 Å².